The Morgan fingerprint density at radius 1 is 1.33 bits per heavy atom. The number of hydrogen-bond acceptors (Lipinski definition) is 2. The van der Waals surface area contributed by atoms with Crippen molar-refractivity contribution in [2.75, 3.05) is 14.1 Å². The number of ether oxygens (including phenoxy) is 1. The Morgan fingerprint density at radius 2 is 1.78 bits per heavy atom. The molecule has 0 radical (unpaired) electrons. The van der Waals surface area contributed by atoms with Crippen molar-refractivity contribution < 1.29 is 14.1 Å². The summed E-state index contributed by atoms with van der Waals surface area (Å²) in [4.78, 5) is 10.3. The number of rotatable bonds is 0. The predicted octanol–water partition coefficient (Wildman–Crippen LogP) is 0.240. The van der Waals surface area contributed by atoms with E-state index in [2.05, 4.69) is 0 Å². The van der Waals surface area contributed by atoms with Gasteiger partial charge in [0.1, 0.15) is 14.1 Å². The molecule has 0 aliphatic rings. The third kappa shape index (κ3) is 3.70. The van der Waals surface area contributed by atoms with Gasteiger partial charge in [-0.05, 0) is 0 Å². The second kappa shape index (κ2) is 3.22. The summed E-state index contributed by atoms with van der Waals surface area (Å²) < 4.78 is 6.45. The number of carbonyl (C=O) groups is 1. The van der Waals surface area contributed by atoms with Gasteiger partial charge in [-0.2, -0.15) is 0 Å². The number of esters is 1. The second-order valence-electron chi connectivity index (χ2n) is 2.01. The van der Waals surface area contributed by atoms with E-state index in [1.807, 2.05) is 14.1 Å². The third-order valence-corrected chi connectivity index (χ3v) is 0.921. The van der Waals surface area contributed by atoms with Gasteiger partial charge in [-0.1, -0.05) is 0 Å². The Morgan fingerprint density at radius 3 is 1.89 bits per heavy atom. The van der Waals surface area contributed by atoms with Crippen LogP contribution < -0.4 is 0 Å². The first-order valence-corrected chi connectivity index (χ1v) is 2.73. The molecule has 9 heavy (non-hydrogen) atoms. The summed E-state index contributed by atoms with van der Waals surface area (Å²) in [6.07, 6.45) is 0. The third-order valence-electron chi connectivity index (χ3n) is 0.921. The maximum absolute atomic E-state index is 10.3. The standard InChI is InChI=1S/C6H12NO2/c1-5(7(3)4)9-6(2)8/h1-4H3/q+1. The molecule has 0 bridgehead atoms. The first-order valence-electron chi connectivity index (χ1n) is 2.73. The molecule has 0 aliphatic carbocycles. The first kappa shape index (κ1) is 8.14. The topological polar surface area (TPSA) is 29.3 Å². The fourth-order valence-electron chi connectivity index (χ4n) is 0.299. The van der Waals surface area contributed by atoms with Gasteiger partial charge in [0.05, 0.1) is 6.92 Å². The van der Waals surface area contributed by atoms with Crippen LogP contribution >= 0.6 is 0 Å². The number of hydrogen-bond donors (Lipinski definition) is 0. The van der Waals surface area contributed by atoms with Gasteiger partial charge >= 0.3 is 11.9 Å². The fourth-order valence-corrected chi connectivity index (χ4v) is 0.299. The molecule has 0 atom stereocenters. The molecule has 0 unspecified atom stereocenters. The van der Waals surface area contributed by atoms with Gasteiger partial charge in [0, 0.05) is 6.92 Å². The van der Waals surface area contributed by atoms with Crippen LogP contribution in [0, 0.1) is 0 Å². The molecular weight excluding hydrogens is 118 g/mol. The lowest BCUT2D eigenvalue weighted by molar-refractivity contribution is -0.473. The minimum atomic E-state index is -0.277. The highest BCUT2D eigenvalue weighted by atomic mass is 16.5. The van der Waals surface area contributed by atoms with Crippen LogP contribution in [0.1, 0.15) is 13.8 Å². The molecule has 0 aromatic rings. The molecule has 0 aliphatic heterocycles. The highest BCUT2D eigenvalue weighted by Crippen LogP contribution is 1.78. The fraction of sp³-hybridized carbons (Fsp3) is 0.667. The van der Waals surface area contributed by atoms with E-state index in [0.717, 1.165) is 0 Å². The Hall–Kier alpha value is -0.860. The summed E-state index contributed by atoms with van der Waals surface area (Å²) >= 11 is 0. The van der Waals surface area contributed by atoms with Crippen molar-refractivity contribution in [1.29, 1.82) is 0 Å². The van der Waals surface area contributed by atoms with Crippen molar-refractivity contribution in [3.05, 3.63) is 0 Å². The SMILES string of the molecule is CC(=O)OC(C)=[N+](C)C. The molecule has 0 spiro atoms. The van der Waals surface area contributed by atoms with Gasteiger partial charge in [0.2, 0.25) is 0 Å². The lowest BCUT2D eigenvalue weighted by atomic mass is 10.7. The van der Waals surface area contributed by atoms with E-state index >= 15 is 0 Å². The summed E-state index contributed by atoms with van der Waals surface area (Å²) in [5.41, 5.74) is 0. The average molecular weight is 130 g/mol. The Balaban J connectivity index is 3.92. The Kier molecular flexibility index (Phi) is 2.91. The molecule has 0 aromatic carbocycles. The molecule has 52 valence electrons. The van der Waals surface area contributed by atoms with Crippen LogP contribution in [0.25, 0.3) is 0 Å². The maximum atomic E-state index is 10.3. The number of carbonyl (C=O) groups excluding carboxylic acids is 1. The Bertz CT molecular complexity index is 145. The quantitative estimate of drug-likeness (QED) is 0.203. The molecule has 0 heterocycles. The second-order valence-corrected chi connectivity index (χ2v) is 2.01. The summed E-state index contributed by atoms with van der Waals surface area (Å²) in [6, 6.07) is 0. The highest BCUT2D eigenvalue weighted by Gasteiger charge is 2.02. The monoisotopic (exact) mass is 130 g/mol. The predicted molar refractivity (Wildman–Crippen MR) is 34.6 cm³/mol. The summed E-state index contributed by atoms with van der Waals surface area (Å²) in [7, 11) is 3.64. The molecule has 0 amide bonds. The molecule has 0 saturated carbocycles. The summed E-state index contributed by atoms with van der Waals surface area (Å²) in [5, 5.41) is 0. The van der Waals surface area contributed by atoms with Crippen LogP contribution in [-0.4, -0.2) is 30.5 Å². The zero-order valence-electron chi connectivity index (χ0n) is 6.26. The van der Waals surface area contributed by atoms with Crippen molar-refractivity contribution in [3.63, 3.8) is 0 Å². The van der Waals surface area contributed by atoms with E-state index in [1.54, 1.807) is 11.5 Å². The van der Waals surface area contributed by atoms with E-state index in [0.29, 0.717) is 5.90 Å². The molecule has 0 rings (SSSR count). The van der Waals surface area contributed by atoms with Gasteiger partial charge in [0.25, 0.3) is 0 Å². The minimum Gasteiger partial charge on any atom is -0.375 e. The maximum Gasteiger partial charge on any atom is 0.340 e. The van der Waals surface area contributed by atoms with Crippen molar-refractivity contribution in [2.24, 2.45) is 0 Å². The largest absolute Gasteiger partial charge is 0.375 e. The van der Waals surface area contributed by atoms with Gasteiger partial charge in [0.15, 0.2) is 0 Å². The van der Waals surface area contributed by atoms with Gasteiger partial charge < -0.3 is 4.74 Å². The molecule has 0 N–H and O–H groups in total. The van der Waals surface area contributed by atoms with E-state index in [1.165, 1.54) is 6.92 Å². The minimum absolute atomic E-state index is 0.277. The van der Waals surface area contributed by atoms with Crippen molar-refractivity contribution in [1.82, 2.24) is 0 Å². The van der Waals surface area contributed by atoms with Crippen molar-refractivity contribution in [3.8, 4) is 0 Å². The van der Waals surface area contributed by atoms with Gasteiger partial charge in [-0.25, -0.2) is 4.58 Å². The van der Waals surface area contributed by atoms with Crippen LogP contribution in [0.4, 0.5) is 0 Å². The van der Waals surface area contributed by atoms with Gasteiger partial charge in [-0.3, -0.25) is 4.79 Å². The molecule has 3 heteroatoms. The average Bonchev–Trinajstić information content (AvgIpc) is 1.63. The smallest absolute Gasteiger partial charge is 0.340 e. The van der Waals surface area contributed by atoms with Crippen LogP contribution in [0.15, 0.2) is 0 Å². The lowest BCUT2D eigenvalue weighted by Gasteiger charge is -1.94. The zero-order valence-corrected chi connectivity index (χ0v) is 6.26. The van der Waals surface area contributed by atoms with Crippen molar-refractivity contribution in [2.45, 2.75) is 13.8 Å². The van der Waals surface area contributed by atoms with E-state index in [4.69, 9.17) is 4.74 Å². The Labute approximate surface area is 54.9 Å². The van der Waals surface area contributed by atoms with E-state index in [9.17, 15) is 4.79 Å². The van der Waals surface area contributed by atoms with Gasteiger partial charge in [-0.15, -0.1) is 0 Å². The summed E-state index contributed by atoms with van der Waals surface area (Å²) in [6.45, 7) is 3.12. The molecule has 0 saturated heterocycles. The molecule has 0 fully saturated rings. The van der Waals surface area contributed by atoms with E-state index < -0.39 is 0 Å². The molecule has 3 nitrogen and oxygen atoms in total. The number of nitrogens with zero attached hydrogens (tertiary/aromatic N) is 1. The lowest BCUT2D eigenvalue weighted by Crippen LogP contribution is -2.15. The molecule has 0 aromatic heterocycles. The van der Waals surface area contributed by atoms with Crippen LogP contribution in [0.3, 0.4) is 0 Å². The highest BCUT2D eigenvalue weighted by molar-refractivity contribution is 5.83. The normalized spacial score (nSPS) is 8.44. The summed E-state index contributed by atoms with van der Waals surface area (Å²) in [5.74, 6) is 0.337. The molecular formula is C6H12NO2+. The first-order chi connectivity index (χ1) is 4.04. The van der Waals surface area contributed by atoms with Crippen molar-refractivity contribution >= 4 is 11.9 Å². The van der Waals surface area contributed by atoms with Crippen LogP contribution in [-0.2, 0) is 9.53 Å². The van der Waals surface area contributed by atoms with E-state index in [-0.39, 0.29) is 5.97 Å². The van der Waals surface area contributed by atoms with Crippen LogP contribution in [0.2, 0.25) is 0 Å². The van der Waals surface area contributed by atoms with Crippen LogP contribution in [0.5, 0.6) is 0 Å². The zero-order chi connectivity index (χ0) is 7.44.